The summed E-state index contributed by atoms with van der Waals surface area (Å²) in [4.78, 5) is 10.5. The summed E-state index contributed by atoms with van der Waals surface area (Å²) in [6.45, 7) is 4.03. The van der Waals surface area contributed by atoms with E-state index < -0.39 is 0 Å². The summed E-state index contributed by atoms with van der Waals surface area (Å²) in [5.41, 5.74) is 8.09. The van der Waals surface area contributed by atoms with E-state index in [0.29, 0.717) is 12.6 Å². The second kappa shape index (κ2) is 5.21. The maximum atomic E-state index is 5.96. The minimum Gasteiger partial charge on any atom is -0.338 e. The molecule has 2 atom stereocenters. The number of anilines is 1. The van der Waals surface area contributed by atoms with E-state index in [1.807, 2.05) is 18.2 Å². The molecule has 1 aliphatic rings. The van der Waals surface area contributed by atoms with Crippen molar-refractivity contribution in [2.45, 2.75) is 32.2 Å². The van der Waals surface area contributed by atoms with Crippen LogP contribution in [-0.2, 0) is 0 Å². The lowest BCUT2D eigenvalue weighted by Gasteiger charge is -2.38. The molecule has 1 aromatic carbocycles. The second-order valence-electron chi connectivity index (χ2n) is 5.46. The highest BCUT2D eigenvalue weighted by molar-refractivity contribution is 5.77. The van der Waals surface area contributed by atoms with Crippen LogP contribution >= 0.6 is 0 Å². The summed E-state index contributed by atoms with van der Waals surface area (Å²) in [5, 5.41) is 0. The number of nitrogens with two attached hydrogens (primary N) is 1. The van der Waals surface area contributed by atoms with Gasteiger partial charge in [-0.2, -0.15) is 0 Å². The molecule has 4 heteroatoms. The molecule has 19 heavy (non-hydrogen) atoms. The molecule has 0 spiro atoms. The highest BCUT2D eigenvalue weighted by Crippen LogP contribution is 2.28. The van der Waals surface area contributed by atoms with Gasteiger partial charge in [0.25, 0.3) is 0 Å². The molecule has 0 bridgehead atoms. The van der Waals surface area contributed by atoms with Gasteiger partial charge in [0.2, 0.25) is 5.95 Å². The van der Waals surface area contributed by atoms with Crippen LogP contribution < -0.4 is 10.6 Å². The van der Waals surface area contributed by atoms with Gasteiger partial charge in [-0.25, -0.2) is 4.98 Å². The van der Waals surface area contributed by atoms with Crippen molar-refractivity contribution in [1.29, 1.82) is 0 Å². The van der Waals surface area contributed by atoms with Crippen LogP contribution in [0.1, 0.15) is 26.2 Å². The van der Waals surface area contributed by atoms with Crippen molar-refractivity contribution in [3.8, 4) is 0 Å². The quantitative estimate of drug-likeness (QED) is 0.889. The van der Waals surface area contributed by atoms with Crippen molar-refractivity contribution >= 4 is 17.0 Å². The summed E-state index contributed by atoms with van der Waals surface area (Å²) >= 11 is 0. The fraction of sp³-hybridized carbons (Fsp3) is 0.533. The number of H-pyrrole nitrogens is 1. The van der Waals surface area contributed by atoms with Gasteiger partial charge in [-0.05, 0) is 30.9 Å². The number of nitrogens with one attached hydrogen (secondary N) is 1. The first kappa shape index (κ1) is 12.5. The number of piperidine rings is 1. The molecular weight excluding hydrogens is 236 g/mol. The number of para-hydroxylation sites is 2. The molecule has 102 valence electrons. The van der Waals surface area contributed by atoms with Crippen LogP contribution in [0.3, 0.4) is 0 Å². The van der Waals surface area contributed by atoms with Gasteiger partial charge in [0.15, 0.2) is 0 Å². The second-order valence-corrected chi connectivity index (χ2v) is 5.46. The number of aromatic nitrogens is 2. The molecule has 0 saturated carbocycles. The summed E-state index contributed by atoms with van der Waals surface area (Å²) in [7, 11) is 0. The van der Waals surface area contributed by atoms with Crippen molar-refractivity contribution in [2.24, 2.45) is 11.7 Å². The number of hydrogen-bond acceptors (Lipinski definition) is 3. The third-order valence-corrected chi connectivity index (χ3v) is 4.32. The van der Waals surface area contributed by atoms with E-state index in [0.717, 1.165) is 29.4 Å². The molecule has 3 rings (SSSR count). The Labute approximate surface area is 114 Å². The zero-order valence-electron chi connectivity index (χ0n) is 11.5. The number of aromatic amines is 1. The molecule has 1 fully saturated rings. The number of benzene rings is 1. The maximum absolute atomic E-state index is 5.96. The van der Waals surface area contributed by atoms with Gasteiger partial charge in [-0.15, -0.1) is 0 Å². The number of rotatable bonds is 3. The zero-order valence-corrected chi connectivity index (χ0v) is 11.5. The Morgan fingerprint density at radius 3 is 3.00 bits per heavy atom. The highest BCUT2D eigenvalue weighted by Gasteiger charge is 2.28. The minimum absolute atomic E-state index is 0.416. The Kier molecular flexibility index (Phi) is 3.42. The van der Waals surface area contributed by atoms with E-state index in [-0.39, 0.29) is 0 Å². The van der Waals surface area contributed by atoms with E-state index in [4.69, 9.17) is 10.7 Å². The van der Waals surface area contributed by atoms with Gasteiger partial charge in [0, 0.05) is 19.1 Å². The number of imidazole rings is 1. The average Bonchev–Trinajstić information content (AvgIpc) is 2.90. The van der Waals surface area contributed by atoms with E-state index in [1.165, 1.54) is 19.3 Å². The predicted molar refractivity (Wildman–Crippen MR) is 79.3 cm³/mol. The van der Waals surface area contributed by atoms with Crippen LogP contribution in [0.15, 0.2) is 24.3 Å². The molecule has 2 heterocycles. The normalized spacial score (nSPS) is 24.0. The average molecular weight is 258 g/mol. The fourth-order valence-electron chi connectivity index (χ4n) is 3.08. The van der Waals surface area contributed by atoms with Crippen LogP contribution in [0.25, 0.3) is 11.0 Å². The highest BCUT2D eigenvalue weighted by atomic mass is 15.3. The molecule has 2 aromatic rings. The first-order valence-corrected chi connectivity index (χ1v) is 7.23. The smallest absolute Gasteiger partial charge is 0.204 e. The molecule has 4 nitrogen and oxygen atoms in total. The van der Waals surface area contributed by atoms with Crippen LogP contribution in [0.4, 0.5) is 5.95 Å². The molecule has 0 aliphatic carbocycles. The standard InChI is InChI=1S/C15H22N4/c1-2-11-7-8-19(12(9-11)10-16)15-17-13-5-3-4-6-14(13)18-15/h3-6,11-12H,2,7-10,16H2,1H3,(H,17,18). The van der Waals surface area contributed by atoms with E-state index >= 15 is 0 Å². The Hall–Kier alpha value is -1.55. The van der Waals surface area contributed by atoms with Gasteiger partial charge < -0.3 is 15.6 Å². The van der Waals surface area contributed by atoms with Gasteiger partial charge >= 0.3 is 0 Å². The lowest BCUT2D eigenvalue weighted by atomic mass is 9.89. The van der Waals surface area contributed by atoms with E-state index in [2.05, 4.69) is 22.9 Å². The van der Waals surface area contributed by atoms with Crippen LogP contribution in [0.2, 0.25) is 0 Å². The van der Waals surface area contributed by atoms with Crippen molar-refractivity contribution < 1.29 is 0 Å². The fourth-order valence-corrected chi connectivity index (χ4v) is 3.08. The largest absolute Gasteiger partial charge is 0.338 e. The molecule has 1 aromatic heterocycles. The minimum atomic E-state index is 0.416. The Morgan fingerprint density at radius 2 is 2.26 bits per heavy atom. The SMILES string of the molecule is CCC1CCN(c2nc3ccccc3[nH]2)C(CN)C1. The summed E-state index contributed by atoms with van der Waals surface area (Å²) < 4.78 is 0. The molecular formula is C15H22N4. The van der Waals surface area contributed by atoms with E-state index in [9.17, 15) is 0 Å². The van der Waals surface area contributed by atoms with Crippen molar-refractivity contribution in [1.82, 2.24) is 9.97 Å². The molecule has 2 unspecified atom stereocenters. The summed E-state index contributed by atoms with van der Waals surface area (Å²) in [5.74, 6) is 1.79. The van der Waals surface area contributed by atoms with Crippen LogP contribution in [0, 0.1) is 5.92 Å². The zero-order chi connectivity index (χ0) is 13.2. The maximum Gasteiger partial charge on any atom is 0.204 e. The first-order chi connectivity index (χ1) is 9.31. The van der Waals surface area contributed by atoms with Crippen molar-refractivity contribution in [3.05, 3.63) is 24.3 Å². The van der Waals surface area contributed by atoms with Gasteiger partial charge in [0.05, 0.1) is 11.0 Å². The Morgan fingerprint density at radius 1 is 1.42 bits per heavy atom. The Bertz CT molecular complexity index is 515. The molecule has 3 N–H and O–H groups in total. The number of fused-ring (bicyclic) bond motifs is 1. The van der Waals surface area contributed by atoms with E-state index in [1.54, 1.807) is 0 Å². The molecule has 0 amide bonds. The monoisotopic (exact) mass is 258 g/mol. The molecule has 0 radical (unpaired) electrons. The number of nitrogens with zero attached hydrogens (tertiary/aromatic N) is 2. The molecule has 1 saturated heterocycles. The first-order valence-electron chi connectivity index (χ1n) is 7.23. The number of hydrogen-bond donors (Lipinski definition) is 2. The van der Waals surface area contributed by atoms with Gasteiger partial charge in [0.1, 0.15) is 0 Å². The topological polar surface area (TPSA) is 57.9 Å². The lowest BCUT2D eigenvalue weighted by Crippen LogP contribution is -2.47. The third kappa shape index (κ3) is 2.32. The molecule has 1 aliphatic heterocycles. The van der Waals surface area contributed by atoms with Crippen LogP contribution in [0.5, 0.6) is 0 Å². The Balaban J connectivity index is 1.87. The lowest BCUT2D eigenvalue weighted by molar-refractivity contribution is 0.333. The van der Waals surface area contributed by atoms with Crippen LogP contribution in [-0.4, -0.2) is 29.1 Å². The van der Waals surface area contributed by atoms with Crippen molar-refractivity contribution in [2.75, 3.05) is 18.0 Å². The summed E-state index contributed by atoms with van der Waals surface area (Å²) in [6, 6.07) is 8.59. The van der Waals surface area contributed by atoms with Crippen molar-refractivity contribution in [3.63, 3.8) is 0 Å². The third-order valence-electron chi connectivity index (χ3n) is 4.32. The summed E-state index contributed by atoms with van der Waals surface area (Å²) in [6.07, 6.45) is 3.68. The predicted octanol–water partition coefficient (Wildman–Crippen LogP) is 2.52. The van der Waals surface area contributed by atoms with Gasteiger partial charge in [-0.1, -0.05) is 25.5 Å². The van der Waals surface area contributed by atoms with Gasteiger partial charge in [-0.3, -0.25) is 0 Å².